The molecule has 1 N–H and O–H groups in total. The third-order valence-corrected chi connectivity index (χ3v) is 6.53. The fraction of sp³-hybridized carbons (Fsp3) is 0.760. The first-order valence-electron chi connectivity index (χ1n) is 11.8. The minimum absolute atomic E-state index is 0.0905. The third-order valence-electron chi connectivity index (χ3n) is 6.53. The second kappa shape index (κ2) is 10.7. The number of nitrogens with one attached hydrogen (secondary N) is 1. The van der Waals surface area contributed by atoms with Crippen LogP contribution >= 0.6 is 0 Å². The fourth-order valence-corrected chi connectivity index (χ4v) is 4.75. The molecule has 0 bridgehead atoms. The summed E-state index contributed by atoms with van der Waals surface area (Å²) in [4.78, 5) is 0. The van der Waals surface area contributed by atoms with Gasteiger partial charge in [-0.1, -0.05) is 51.9 Å². The molecule has 4 heteroatoms. The Balaban J connectivity index is 1.75. The van der Waals surface area contributed by atoms with Crippen LogP contribution in [0.2, 0.25) is 0 Å². The molecule has 2 unspecified atom stereocenters. The molecule has 1 aliphatic heterocycles. The standard InChI is InChI=1S/C25H41NO3/c1-5-6-10-16-28-24-23(27-17-15-19-11-8-7-9-12-19)21-18-20(26-4)13-14-22(21)29-25(24,2)3/h13-14,18-19,23-24,26H,5-12,15-17H2,1-4H3. The molecule has 0 spiro atoms. The minimum atomic E-state index is -0.421. The molecule has 29 heavy (non-hydrogen) atoms. The average molecular weight is 404 g/mol. The van der Waals surface area contributed by atoms with Crippen LogP contribution in [0.15, 0.2) is 18.2 Å². The van der Waals surface area contributed by atoms with Gasteiger partial charge < -0.3 is 19.5 Å². The Morgan fingerprint density at radius 1 is 1.07 bits per heavy atom. The first-order chi connectivity index (χ1) is 14.0. The molecule has 1 aromatic rings. The Kier molecular flexibility index (Phi) is 8.25. The smallest absolute Gasteiger partial charge is 0.132 e. The molecule has 3 rings (SSSR count). The van der Waals surface area contributed by atoms with Crippen LogP contribution in [0.3, 0.4) is 0 Å². The molecule has 1 heterocycles. The zero-order chi connectivity index (χ0) is 20.7. The summed E-state index contributed by atoms with van der Waals surface area (Å²) in [5.41, 5.74) is 1.77. The van der Waals surface area contributed by atoms with E-state index in [1.165, 1.54) is 44.9 Å². The number of fused-ring (bicyclic) bond motifs is 1. The van der Waals surface area contributed by atoms with Gasteiger partial charge in [0, 0.05) is 31.5 Å². The van der Waals surface area contributed by atoms with E-state index in [0.717, 1.165) is 49.0 Å². The summed E-state index contributed by atoms with van der Waals surface area (Å²) >= 11 is 0. The summed E-state index contributed by atoms with van der Waals surface area (Å²) in [7, 11) is 1.95. The maximum Gasteiger partial charge on any atom is 0.132 e. The van der Waals surface area contributed by atoms with Gasteiger partial charge in [0.05, 0.1) is 0 Å². The molecular weight excluding hydrogens is 362 g/mol. The molecule has 1 fully saturated rings. The Morgan fingerprint density at radius 3 is 2.59 bits per heavy atom. The predicted molar refractivity (Wildman–Crippen MR) is 120 cm³/mol. The molecule has 1 saturated carbocycles. The van der Waals surface area contributed by atoms with Gasteiger partial charge >= 0.3 is 0 Å². The highest BCUT2D eigenvalue weighted by Crippen LogP contribution is 2.44. The zero-order valence-electron chi connectivity index (χ0n) is 19.0. The van der Waals surface area contributed by atoms with Crippen LogP contribution in [0.1, 0.15) is 90.2 Å². The lowest BCUT2D eigenvalue weighted by Gasteiger charge is -2.44. The highest BCUT2D eigenvalue weighted by atomic mass is 16.6. The van der Waals surface area contributed by atoms with Crippen LogP contribution in [0, 0.1) is 5.92 Å². The lowest BCUT2D eigenvalue weighted by atomic mass is 9.86. The quantitative estimate of drug-likeness (QED) is 0.452. The highest BCUT2D eigenvalue weighted by molar-refractivity contribution is 5.53. The highest BCUT2D eigenvalue weighted by Gasteiger charge is 2.45. The van der Waals surface area contributed by atoms with Crippen molar-refractivity contribution in [1.29, 1.82) is 0 Å². The van der Waals surface area contributed by atoms with Gasteiger partial charge in [-0.25, -0.2) is 0 Å². The summed E-state index contributed by atoms with van der Waals surface area (Å²) in [6.07, 6.45) is 11.3. The molecule has 1 aliphatic carbocycles. The second-order valence-corrected chi connectivity index (χ2v) is 9.29. The summed E-state index contributed by atoms with van der Waals surface area (Å²) < 4.78 is 19.4. The van der Waals surface area contributed by atoms with Gasteiger partial charge in [0.2, 0.25) is 0 Å². The molecule has 0 amide bonds. The zero-order valence-corrected chi connectivity index (χ0v) is 19.0. The number of benzene rings is 1. The van der Waals surface area contributed by atoms with Gasteiger partial charge in [0.25, 0.3) is 0 Å². The lowest BCUT2D eigenvalue weighted by molar-refractivity contribution is -0.163. The number of ether oxygens (including phenoxy) is 3. The van der Waals surface area contributed by atoms with Gasteiger partial charge in [-0.15, -0.1) is 0 Å². The summed E-state index contributed by atoms with van der Waals surface area (Å²) in [6, 6.07) is 6.29. The molecule has 0 saturated heterocycles. The second-order valence-electron chi connectivity index (χ2n) is 9.29. The SMILES string of the molecule is CCCCCOC1C(OCCC2CCCCC2)c2cc(NC)ccc2OC1(C)C. The van der Waals surface area contributed by atoms with Gasteiger partial charge in [0.1, 0.15) is 23.6 Å². The number of hydrogen-bond donors (Lipinski definition) is 1. The fourth-order valence-electron chi connectivity index (χ4n) is 4.75. The Bertz CT molecular complexity index is 624. The monoisotopic (exact) mass is 403 g/mol. The lowest BCUT2D eigenvalue weighted by Crippen LogP contribution is -2.51. The number of hydrogen-bond acceptors (Lipinski definition) is 4. The molecule has 2 aliphatic rings. The minimum Gasteiger partial charge on any atom is -0.485 e. The van der Waals surface area contributed by atoms with Gasteiger partial charge in [0.15, 0.2) is 0 Å². The van der Waals surface area contributed by atoms with Gasteiger partial charge in [-0.2, -0.15) is 0 Å². The van der Waals surface area contributed by atoms with Crippen molar-refractivity contribution < 1.29 is 14.2 Å². The van der Waals surface area contributed by atoms with Crippen LogP contribution in [-0.2, 0) is 9.47 Å². The van der Waals surface area contributed by atoms with E-state index < -0.39 is 5.60 Å². The van der Waals surface area contributed by atoms with Crippen LogP contribution in [0.4, 0.5) is 5.69 Å². The molecule has 164 valence electrons. The third kappa shape index (κ3) is 5.88. The summed E-state index contributed by atoms with van der Waals surface area (Å²) in [5, 5.41) is 3.25. The molecule has 1 aromatic carbocycles. The summed E-state index contributed by atoms with van der Waals surface area (Å²) in [6.45, 7) is 8.03. The van der Waals surface area contributed by atoms with Crippen LogP contribution < -0.4 is 10.1 Å². The number of unbranched alkanes of at least 4 members (excludes halogenated alkanes) is 2. The van der Waals surface area contributed by atoms with E-state index in [2.05, 4.69) is 44.3 Å². The number of rotatable bonds is 10. The van der Waals surface area contributed by atoms with Crippen LogP contribution in [0.5, 0.6) is 5.75 Å². The van der Waals surface area contributed by atoms with Crippen LogP contribution in [-0.4, -0.2) is 32.0 Å². The van der Waals surface area contributed by atoms with Crippen molar-refractivity contribution in [1.82, 2.24) is 0 Å². The Morgan fingerprint density at radius 2 is 1.86 bits per heavy atom. The molecule has 0 aromatic heterocycles. The van der Waals surface area contributed by atoms with E-state index in [0.29, 0.717) is 0 Å². The van der Waals surface area contributed by atoms with Crippen molar-refractivity contribution in [2.45, 2.75) is 96.4 Å². The van der Waals surface area contributed by atoms with Crippen molar-refractivity contribution in [2.24, 2.45) is 5.92 Å². The predicted octanol–water partition coefficient (Wildman–Crippen LogP) is 6.50. The van der Waals surface area contributed by atoms with Gasteiger partial charge in [-0.3, -0.25) is 0 Å². The maximum atomic E-state index is 6.58. The summed E-state index contributed by atoms with van der Waals surface area (Å²) in [5.74, 6) is 1.74. The van der Waals surface area contributed by atoms with Crippen molar-refractivity contribution in [2.75, 3.05) is 25.6 Å². The normalized spacial score (nSPS) is 24.0. The van der Waals surface area contributed by atoms with E-state index in [1.807, 2.05) is 7.05 Å². The number of anilines is 1. The Hall–Kier alpha value is -1.26. The molecular formula is C25H41NO3. The first kappa shape index (κ1) is 22.4. The van der Waals surface area contributed by atoms with Crippen molar-refractivity contribution in [3.63, 3.8) is 0 Å². The van der Waals surface area contributed by atoms with Crippen molar-refractivity contribution in [3.8, 4) is 5.75 Å². The van der Waals surface area contributed by atoms with Crippen molar-refractivity contribution >= 4 is 5.69 Å². The van der Waals surface area contributed by atoms with E-state index >= 15 is 0 Å². The molecule has 0 radical (unpaired) electrons. The largest absolute Gasteiger partial charge is 0.485 e. The maximum absolute atomic E-state index is 6.58. The topological polar surface area (TPSA) is 39.7 Å². The van der Waals surface area contributed by atoms with Gasteiger partial charge in [-0.05, 0) is 50.8 Å². The van der Waals surface area contributed by atoms with E-state index in [1.54, 1.807) is 0 Å². The average Bonchev–Trinajstić information content (AvgIpc) is 2.72. The van der Waals surface area contributed by atoms with E-state index in [9.17, 15) is 0 Å². The molecule has 4 nitrogen and oxygen atoms in total. The Labute approximate surface area is 177 Å². The van der Waals surface area contributed by atoms with E-state index in [4.69, 9.17) is 14.2 Å². The first-order valence-corrected chi connectivity index (χ1v) is 11.8. The van der Waals surface area contributed by atoms with Crippen LogP contribution in [0.25, 0.3) is 0 Å². The molecule has 2 atom stereocenters. The van der Waals surface area contributed by atoms with E-state index in [-0.39, 0.29) is 12.2 Å². The van der Waals surface area contributed by atoms with Crippen molar-refractivity contribution in [3.05, 3.63) is 23.8 Å².